The lowest BCUT2D eigenvalue weighted by molar-refractivity contribution is 0.186. The Balaban J connectivity index is 3.43. The Bertz CT molecular complexity index is 282. The van der Waals surface area contributed by atoms with Gasteiger partial charge in [-0.05, 0) is 0 Å². The van der Waals surface area contributed by atoms with Crippen molar-refractivity contribution in [1.29, 1.82) is 0 Å². The number of halogens is 10. The quantitative estimate of drug-likeness (QED) is 0.266. The lowest BCUT2D eigenvalue weighted by Crippen LogP contribution is -2.73. The van der Waals surface area contributed by atoms with Crippen molar-refractivity contribution in [3.63, 3.8) is 0 Å². The first-order chi connectivity index (χ1) is 6.71. The molecular formula is C4Cl10OSi. The zero-order valence-corrected chi connectivity index (χ0v) is 15.2. The fourth-order valence-corrected chi connectivity index (χ4v) is 8.20. The molecule has 0 aromatic carbocycles. The zero-order valence-electron chi connectivity index (χ0n) is 6.69. The Morgan fingerprint density at radius 1 is 0.688 bits per heavy atom. The predicted molar refractivity (Wildman–Crippen MR) is 76.3 cm³/mol. The molecular weight excluding hydrogens is 447 g/mol. The SMILES string of the molecule is ClC1(Cl)O[Si](Cl)(Cl)C(Cl)(Cl)C(Cl)(Cl)C1(Cl)Cl. The van der Waals surface area contributed by atoms with E-state index in [0.29, 0.717) is 0 Å². The third kappa shape index (κ3) is 2.17. The molecule has 96 valence electrons. The summed E-state index contributed by atoms with van der Waals surface area (Å²) in [6.45, 7) is -3.90. The van der Waals surface area contributed by atoms with Gasteiger partial charge < -0.3 is 4.43 Å². The molecule has 0 radical (unpaired) electrons. The number of hydrogen-bond donors (Lipinski definition) is 0. The second-order valence-corrected chi connectivity index (χ2v) is 14.5. The smallest absolute Gasteiger partial charge is 0.356 e. The summed E-state index contributed by atoms with van der Waals surface area (Å²) in [7, 11) is 0. The van der Waals surface area contributed by atoms with Gasteiger partial charge in [0.25, 0.3) is 0 Å². The van der Waals surface area contributed by atoms with Crippen molar-refractivity contribution in [1.82, 2.24) is 0 Å². The molecule has 1 nitrogen and oxygen atoms in total. The Labute approximate surface area is 142 Å². The molecule has 1 aliphatic heterocycles. The minimum absolute atomic E-state index is 2.15. The first-order valence-electron chi connectivity index (χ1n) is 3.30. The van der Waals surface area contributed by atoms with Crippen LogP contribution in [0.25, 0.3) is 0 Å². The van der Waals surface area contributed by atoms with Crippen molar-refractivity contribution in [3.8, 4) is 0 Å². The molecule has 0 aromatic rings. The lowest BCUT2D eigenvalue weighted by Gasteiger charge is -2.54. The third-order valence-corrected chi connectivity index (χ3v) is 13.6. The van der Waals surface area contributed by atoms with Crippen LogP contribution < -0.4 is 0 Å². The van der Waals surface area contributed by atoms with E-state index in [9.17, 15) is 0 Å². The molecule has 0 bridgehead atoms. The average Bonchev–Trinajstić information content (AvgIpc) is 1.98. The van der Waals surface area contributed by atoms with Gasteiger partial charge in [-0.1, -0.05) is 92.8 Å². The fourth-order valence-electron chi connectivity index (χ4n) is 0.852. The van der Waals surface area contributed by atoms with Gasteiger partial charge >= 0.3 is 6.94 Å². The molecule has 0 saturated carbocycles. The minimum Gasteiger partial charge on any atom is -0.356 e. The monoisotopic (exact) mass is 442 g/mol. The van der Waals surface area contributed by atoms with Crippen molar-refractivity contribution in [2.24, 2.45) is 0 Å². The maximum atomic E-state index is 5.88. The van der Waals surface area contributed by atoms with Crippen LogP contribution in [0.3, 0.4) is 0 Å². The highest BCUT2D eigenvalue weighted by atomic mass is 35.7. The van der Waals surface area contributed by atoms with Gasteiger partial charge in [0.1, 0.15) is 0 Å². The summed E-state index contributed by atoms with van der Waals surface area (Å²) in [6, 6.07) is 0. The summed E-state index contributed by atoms with van der Waals surface area (Å²) < 4.78 is -3.98. The molecule has 1 fully saturated rings. The van der Waals surface area contributed by atoms with Crippen LogP contribution in [0.1, 0.15) is 0 Å². The van der Waals surface area contributed by atoms with E-state index < -0.39 is 24.1 Å². The molecule has 0 N–H and O–H groups in total. The van der Waals surface area contributed by atoms with E-state index in [1.807, 2.05) is 0 Å². The van der Waals surface area contributed by atoms with Crippen molar-refractivity contribution < 1.29 is 4.43 Å². The Morgan fingerprint density at radius 3 is 1.44 bits per heavy atom. The van der Waals surface area contributed by atoms with E-state index in [1.165, 1.54) is 0 Å². The summed E-state index contributed by atoms with van der Waals surface area (Å²) in [4.78, 5) is 0. The van der Waals surface area contributed by atoms with Gasteiger partial charge in [0.05, 0.1) is 0 Å². The fraction of sp³-hybridized carbons (Fsp3) is 1.00. The van der Waals surface area contributed by atoms with Crippen molar-refractivity contribution in [2.75, 3.05) is 0 Å². The summed E-state index contributed by atoms with van der Waals surface area (Å²) >= 11 is 58.2. The van der Waals surface area contributed by atoms with Crippen molar-refractivity contribution in [2.45, 2.75) is 17.1 Å². The zero-order chi connectivity index (χ0) is 13.2. The number of alkyl halides is 8. The maximum Gasteiger partial charge on any atom is 0.432 e. The van der Waals surface area contributed by atoms with Gasteiger partial charge in [-0.3, -0.25) is 0 Å². The Kier molecular flexibility index (Phi) is 4.86. The van der Waals surface area contributed by atoms with Crippen LogP contribution in [0, 0.1) is 0 Å². The molecule has 0 aromatic heterocycles. The van der Waals surface area contributed by atoms with Gasteiger partial charge in [-0.15, -0.1) is 22.2 Å². The van der Waals surface area contributed by atoms with Gasteiger partial charge in [-0.2, -0.15) is 0 Å². The molecule has 1 aliphatic rings. The summed E-state index contributed by atoms with van der Waals surface area (Å²) in [5.41, 5.74) is 0. The van der Waals surface area contributed by atoms with Gasteiger partial charge in [0, 0.05) is 0 Å². The van der Waals surface area contributed by atoms with Gasteiger partial charge in [-0.25, -0.2) is 0 Å². The maximum absolute atomic E-state index is 5.88. The second kappa shape index (κ2) is 4.54. The van der Waals surface area contributed by atoms with Crippen molar-refractivity contribution >= 4 is 122 Å². The van der Waals surface area contributed by atoms with E-state index in [4.69, 9.17) is 119 Å². The number of rotatable bonds is 0. The molecule has 1 saturated heterocycles. The van der Waals surface area contributed by atoms with E-state index in [0.717, 1.165) is 0 Å². The van der Waals surface area contributed by atoms with Crippen LogP contribution in [-0.2, 0) is 4.43 Å². The van der Waals surface area contributed by atoms with Crippen LogP contribution >= 0.6 is 115 Å². The third-order valence-electron chi connectivity index (χ3n) is 1.78. The average molecular weight is 447 g/mol. The molecule has 0 amide bonds. The molecule has 12 heteroatoms. The van der Waals surface area contributed by atoms with Crippen LogP contribution in [-0.4, -0.2) is 24.1 Å². The normalized spacial score (nSPS) is 33.4. The second-order valence-electron chi connectivity index (χ2n) is 2.86. The van der Waals surface area contributed by atoms with Crippen LogP contribution in [0.2, 0.25) is 0 Å². The highest BCUT2D eigenvalue weighted by molar-refractivity contribution is 7.47. The largest absolute Gasteiger partial charge is 0.432 e. The molecule has 16 heavy (non-hydrogen) atoms. The van der Waals surface area contributed by atoms with E-state index in [-0.39, 0.29) is 0 Å². The summed E-state index contributed by atoms with van der Waals surface area (Å²) in [5, 5.41) is 0. The Hall–Kier alpha value is 3.08. The van der Waals surface area contributed by atoms with E-state index >= 15 is 0 Å². The summed E-state index contributed by atoms with van der Waals surface area (Å²) in [5.74, 6) is 0. The van der Waals surface area contributed by atoms with Crippen molar-refractivity contribution in [3.05, 3.63) is 0 Å². The summed E-state index contributed by atoms with van der Waals surface area (Å²) in [6.07, 6.45) is 0. The predicted octanol–water partition coefficient (Wildman–Crippen LogP) is 5.63. The van der Waals surface area contributed by atoms with E-state index in [1.54, 1.807) is 0 Å². The molecule has 1 rings (SSSR count). The first-order valence-corrected chi connectivity index (χ1v) is 10.3. The van der Waals surface area contributed by atoms with Crippen LogP contribution in [0.5, 0.6) is 0 Å². The molecule has 0 atom stereocenters. The molecule has 1 heterocycles. The standard InChI is InChI=1S/C4Cl10OSi/c5-1(6)2(7,8)4(11,12)16(13,14)15-3(1,9)10. The highest BCUT2D eigenvalue weighted by Gasteiger charge is 2.82. The van der Waals surface area contributed by atoms with Crippen LogP contribution in [0.4, 0.5) is 0 Å². The number of hydrogen-bond acceptors (Lipinski definition) is 1. The molecule has 0 unspecified atom stereocenters. The highest BCUT2D eigenvalue weighted by Crippen LogP contribution is 2.69. The Morgan fingerprint density at radius 2 is 1.06 bits per heavy atom. The van der Waals surface area contributed by atoms with E-state index in [2.05, 4.69) is 0 Å². The molecule has 0 aliphatic carbocycles. The van der Waals surface area contributed by atoms with Gasteiger partial charge in [0.2, 0.25) is 8.85 Å². The lowest BCUT2D eigenvalue weighted by atomic mass is 10.3. The topological polar surface area (TPSA) is 9.23 Å². The molecule has 0 spiro atoms. The first kappa shape index (κ1) is 17.1. The van der Waals surface area contributed by atoms with Gasteiger partial charge in [0.15, 0.2) is 8.29 Å². The van der Waals surface area contributed by atoms with Crippen LogP contribution in [0.15, 0.2) is 0 Å². The minimum atomic E-state index is -3.90.